The number of nitrogens with zero attached hydrogens (tertiary/aromatic N) is 1. The average Bonchev–Trinajstić information content (AvgIpc) is 2.07. The van der Waals surface area contributed by atoms with Crippen LogP contribution in [-0.4, -0.2) is 10.4 Å². The molecule has 1 rings (SSSR count). The molecule has 0 amide bonds. The van der Waals surface area contributed by atoms with E-state index in [0.717, 1.165) is 6.42 Å². The number of halogens is 1. The Balaban J connectivity index is 2.80. The second kappa shape index (κ2) is 4.46. The van der Waals surface area contributed by atoms with Gasteiger partial charge in [-0.05, 0) is 37.0 Å². The van der Waals surface area contributed by atoms with E-state index in [9.17, 15) is 0 Å². The van der Waals surface area contributed by atoms with Crippen molar-refractivity contribution >= 4 is 11.6 Å². The maximum Gasteiger partial charge on any atom is 0.0376 e. The van der Waals surface area contributed by atoms with Crippen molar-refractivity contribution in [3.63, 3.8) is 0 Å². The third-order valence-electron chi connectivity index (χ3n) is 2.13. The van der Waals surface area contributed by atoms with E-state index < -0.39 is 0 Å². The van der Waals surface area contributed by atoms with Gasteiger partial charge in [-0.25, -0.2) is 0 Å². The van der Waals surface area contributed by atoms with Gasteiger partial charge in [-0.2, -0.15) is 0 Å². The van der Waals surface area contributed by atoms with Crippen molar-refractivity contribution in [2.45, 2.75) is 31.6 Å². The van der Waals surface area contributed by atoms with E-state index in [2.05, 4.69) is 11.9 Å². The predicted molar refractivity (Wildman–Crippen MR) is 52.6 cm³/mol. The fourth-order valence-electron chi connectivity index (χ4n) is 1.44. The SMILES string of the molecule is CCC(c1ccncc1)C(C)Cl. The molecule has 0 radical (unpaired) electrons. The summed E-state index contributed by atoms with van der Waals surface area (Å²) in [6, 6.07) is 4.07. The lowest BCUT2D eigenvalue weighted by atomic mass is 9.95. The molecule has 0 bridgehead atoms. The van der Waals surface area contributed by atoms with Crippen LogP contribution in [-0.2, 0) is 0 Å². The van der Waals surface area contributed by atoms with Crippen LogP contribution in [0.3, 0.4) is 0 Å². The molecule has 1 heterocycles. The summed E-state index contributed by atoms with van der Waals surface area (Å²) in [7, 11) is 0. The molecule has 2 heteroatoms. The molecule has 12 heavy (non-hydrogen) atoms. The van der Waals surface area contributed by atoms with Gasteiger partial charge in [0.15, 0.2) is 0 Å². The van der Waals surface area contributed by atoms with Crippen molar-refractivity contribution in [2.24, 2.45) is 0 Å². The van der Waals surface area contributed by atoms with Crippen molar-refractivity contribution in [1.82, 2.24) is 4.98 Å². The highest BCUT2D eigenvalue weighted by atomic mass is 35.5. The van der Waals surface area contributed by atoms with E-state index in [4.69, 9.17) is 11.6 Å². The predicted octanol–water partition coefficient (Wildman–Crippen LogP) is 3.20. The lowest BCUT2D eigenvalue weighted by Gasteiger charge is -2.16. The average molecular weight is 184 g/mol. The highest BCUT2D eigenvalue weighted by molar-refractivity contribution is 6.20. The van der Waals surface area contributed by atoms with Gasteiger partial charge in [0.1, 0.15) is 0 Å². The maximum absolute atomic E-state index is 6.06. The zero-order valence-electron chi connectivity index (χ0n) is 7.50. The quantitative estimate of drug-likeness (QED) is 0.656. The van der Waals surface area contributed by atoms with Gasteiger partial charge in [0.25, 0.3) is 0 Å². The molecule has 2 atom stereocenters. The fourth-order valence-corrected chi connectivity index (χ4v) is 1.76. The Morgan fingerprint density at radius 1 is 1.42 bits per heavy atom. The van der Waals surface area contributed by atoms with E-state index in [1.54, 1.807) is 0 Å². The largest absolute Gasteiger partial charge is 0.265 e. The second-order valence-electron chi connectivity index (χ2n) is 2.97. The summed E-state index contributed by atoms with van der Waals surface area (Å²) in [5.74, 6) is 0.453. The van der Waals surface area contributed by atoms with Crippen LogP contribution in [0.25, 0.3) is 0 Å². The topological polar surface area (TPSA) is 12.9 Å². The molecule has 0 N–H and O–H groups in total. The van der Waals surface area contributed by atoms with Crippen LogP contribution in [0.15, 0.2) is 24.5 Å². The monoisotopic (exact) mass is 183 g/mol. The Morgan fingerprint density at radius 2 is 2.00 bits per heavy atom. The van der Waals surface area contributed by atoms with Gasteiger partial charge in [-0.15, -0.1) is 11.6 Å². The molecule has 1 aromatic heterocycles. The molecule has 1 nitrogen and oxygen atoms in total. The lowest BCUT2D eigenvalue weighted by Crippen LogP contribution is -2.07. The van der Waals surface area contributed by atoms with Gasteiger partial charge in [0, 0.05) is 17.8 Å². The molecule has 0 aliphatic carbocycles. The number of hydrogen-bond donors (Lipinski definition) is 0. The Hall–Kier alpha value is -0.560. The molecule has 0 aliphatic heterocycles. The Kier molecular flexibility index (Phi) is 3.54. The molecule has 0 aliphatic rings. The molecule has 1 aromatic rings. The van der Waals surface area contributed by atoms with E-state index >= 15 is 0 Å². The zero-order valence-corrected chi connectivity index (χ0v) is 8.25. The minimum atomic E-state index is 0.192. The lowest BCUT2D eigenvalue weighted by molar-refractivity contribution is 0.648. The molecule has 66 valence electrons. The molecule has 0 fully saturated rings. The summed E-state index contributed by atoms with van der Waals surface area (Å²) in [5, 5.41) is 0.192. The van der Waals surface area contributed by atoms with Gasteiger partial charge in [-0.3, -0.25) is 4.98 Å². The first-order valence-electron chi connectivity index (χ1n) is 4.29. The van der Waals surface area contributed by atoms with Crippen molar-refractivity contribution in [1.29, 1.82) is 0 Å². The normalized spacial score (nSPS) is 15.6. The summed E-state index contributed by atoms with van der Waals surface area (Å²) >= 11 is 6.06. The Labute approximate surface area is 78.8 Å². The van der Waals surface area contributed by atoms with Crippen LogP contribution in [0.4, 0.5) is 0 Å². The first kappa shape index (κ1) is 9.53. The maximum atomic E-state index is 6.06. The molecular weight excluding hydrogens is 170 g/mol. The summed E-state index contributed by atoms with van der Waals surface area (Å²) < 4.78 is 0. The highest BCUT2D eigenvalue weighted by Gasteiger charge is 2.14. The van der Waals surface area contributed by atoms with Gasteiger partial charge < -0.3 is 0 Å². The first-order valence-corrected chi connectivity index (χ1v) is 4.73. The number of pyridine rings is 1. The van der Waals surface area contributed by atoms with Crippen LogP contribution in [0.5, 0.6) is 0 Å². The molecular formula is C10H14ClN. The molecule has 2 unspecified atom stereocenters. The van der Waals surface area contributed by atoms with Crippen LogP contribution in [0.2, 0.25) is 0 Å². The minimum Gasteiger partial charge on any atom is -0.265 e. The molecule has 0 saturated heterocycles. The highest BCUT2D eigenvalue weighted by Crippen LogP contribution is 2.25. The molecule has 0 spiro atoms. The smallest absolute Gasteiger partial charge is 0.0376 e. The van der Waals surface area contributed by atoms with Crippen LogP contribution in [0.1, 0.15) is 31.7 Å². The van der Waals surface area contributed by atoms with Gasteiger partial charge in [0.2, 0.25) is 0 Å². The minimum absolute atomic E-state index is 0.192. The standard InChI is InChI=1S/C10H14ClN/c1-3-10(8(2)11)9-4-6-12-7-5-9/h4-8,10H,3H2,1-2H3. The van der Waals surface area contributed by atoms with Gasteiger partial charge in [0.05, 0.1) is 0 Å². The summed E-state index contributed by atoms with van der Waals surface area (Å²) in [5.41, 5.74) is 1.29. The summed E-state index contributed by atoms with van der Waals surface area (Å²) in [4.78, 5) is 3.98. The summed E-state index contributed by atoms with van der Waals surface area (Å²) in [6.45, 7) is 4.19. The first-order chi connectivity index (χ1) is 5.75. The number of aromatic nitrogens is 1. The van der Waals surface area contributed by atoms with Gasteiger partial charge in [-0.1, -0.05) is 6.92 Å². The molecule has 0 aromatic carbocycles. The van der Waals surface area contributed by atoms with Crippen LogP contribution in [0, 0.1) is 0 Å². The van der Waals surface area contributed by atoms with Crippen molar-refractivity contribution in [3.8, 4) is 0 Å². The van der Waals surface area contributed by atoms with E-state index in [-0.39, 0.29) is 5.38 Å². The number of rotatable bonds is 3. The molecule has 0 saturated carbocycles. The van der Waals surface area contributed by atoms with E-state index in [0.29, 0.717) is 5.92 Å². The van der Waals surface area contributed by atoms with E-state index in [1.165, 1.54) is 5.56 Å². The third-order valence-corrected chi connectivity index (χ3v) is 2.43. The van der Waals surface area contributed by atoms with Crippen molar-refractivity contribution in [2.75, 3.05) is 0 Å². The van der Waals surface area contributed by atoms with Crippen molar-refractivity contribution in [3.05, 3.63) is 30.1 Å². The number of hydrogen-bond acceptors (Lipinski definition) is 1. The van der Waals surface area contributed by atoms with Crippen LogP contribution < -0.4 is 0 Å². The Morgan fingerprint density at radius 3 is 2.42 bits per heavy atom. The van der Waals surface area contributed by atoms with Crippen molar-refractivity contribution < 1.29 is 0 Å². The van der Waals surface area contributed by atoms with Crippen LogP contribution >= 0.6 is 11.6 Å². The third kappa shape index (κ3) is 2.21. The second-order valence-corrected chi connectivity index (χ2v) is 3.66. The Bertz CT molecular complexity index is 221. The zero-order chi connectivity index (χ0) is 8.97. The van der Waals surface area contributed by atoms with E-state index in [1.807, 2.05) is 31.5 Å². The fraction of sp³-hybridized carbons (Fsp3) is 0.500. The van der Waals surface area contributed by atoms with Gasteiger partial charge >= 0.3 is 0 Å². The summed E-state index contributed by atoms with van der Waals surface area (Å²) in [6.07, 6.45) is 4.71. The number of alkyl halides is 1.